The van der Waals surface area contributed by atoms with E-state index in [-0.39, 0.29) is 17.9 Å². The van der Waals surface area contributed by atoms with Gasteiger partial charge in [-0.3, -0.25) is 0 Å². The molecule has 0 saturated carbocycles. The third-order valence-corrected chi connectivity index (χ3v) is 2.59. The fourth-order valence-corrected chi connectivity index (χ4v) is 1.59. The van der Waals surface area contributed by atoms with Gasteiger partial charge in [0.25, 0.3) is 0 Å². The van der Waals surface area contributed by atoms with Crippen LogP contribution >= 0.6 is 11.6 Å². The van der Waals surface area contributed by atoms with E-state index in [0.717, 1.165) is 19.4 Å². The first-order chi connectivity index (χ1) is 8.51. The molecule has 1 aromatic heterocycles. The van der Waals surface area contributed by atoms with Gasteiger partial charge in [-0.05, 0) is 12.5 Å². The average Bonchev–Trinajstić information content (AvgIpc) is 2.38. The molecule has 2 atom stereocenters. The number of methoxy groups -OCH3 is 1. The Morgan fingerprint density at radius 2 is 2.28 bits per heavy atom. The van der Waals surface area contributed by atoms with Crippen molar-refractivity contribution in [2.75, 3.05) is 13.0 Å². The second-order valence-electron chi connectivity index (χ2n) is 3.59. The molecule has 0 aliphatic rings. The summed E-state index contributed by atoms with van der Waals surface area (Å²) < 4.78 is 17.6. The first-order valence-electron chi connectivity index (χ1n) is 5.17. The van der Waals surface area contributed by atoms with Crippen molar-refractivity contribution in [2.45, 2.75) is 18.6 Å². The topological polar surface area (TPSA) is 79.7 Å². The van der Waals surface area contributed by atoms with Crippen molar-refractivity contribution < 1.29 is 24.1 Å². The van der Waals surface area contributed by atoms with Crippen LogP contribution in [0.5, 0.6) is 0 Å². The molecule has 100 valence electrons. The number of esters is 1. The maximum absolute atomic E-state index is 13.2. The summed E-state index contributed by atoms with van der Waals surface area (Å²) in [6.45, 7) is 0. The third kappa shape index (κ3) is 3.38. The van der Waals surface area contributed by atoms with E-state index in [1.54, 1.807) is 0 Å². The van der Waals surface area contributed by atoms with E-state index < -0.39 is 29.7 Å². The summed E-state index contributed by atoms with van der Waals surface area (Å²) in [5, 5.41) is 19.3. The van der Waals surface area contributed by atoms with Gasteiger partial charge in [0, 0.05) is 17.6 Å². The van der Waals surface area contributed by atoms with E-state index in [1.165, 1.54) is 0 Å². The number of halogens is 2. The summed E-state index contributed by atoms with van der Waals surface area (Å²) in [6.07, 6.45) is -1.20. The molecule has 5 nitrogen and oxygen atoms in total. The van der Waals surface area contributed by atoms with Crippen LogP contribution in [0.25, 0.3) is 0 Å². The minimum Gasteiger partial charge on any atom is -0.465 e. The third-order valence-electron chi connectivity index (χ3n) is 2.38. The quantitative estimate of drug-likeness (QED) is 0.477. The van der Waals surface area contributed by atoms with Crippen molar-refractivity contribution in [1.82, 2.24) is 4.98 Å². The van der Waals surface area contributed by atoms with Crippen LogP contribution < -0.4 is 0 Å². The summed E-state index contributed by atoms with van der Waals surface area (Å²) in [5.74, 6) is -1.73. The van der Waals surface area contributed by atoms with Gasteiger partial charge in [0.05, 0.1) is 13.2 Å². The van der Waals surface area contributed by atoms with E-state index in [4.69, 9.17) is 11.6 Å². The second-order valence-corrected chi connectivity index (χ2v) is 3.97. The van der Waals surface area contributed by atoms with Crippen LogP contribution in [0.15, 0.2) is 12.3 Å². The van der Waals surface area contributed by atoms with Gasteiger partial charge in [-0.25, -0.2) is 9.78 Å². The molecule has 7 heteroatoms. The Bertz CT molecular complexity index is 430. The number of aliphatic hydroxyl groups excluding tert-OH is 2. The zero-order valence-electron chi connectivity index (χ0n) is 9.64. The van der Waals surface area contributed by atoms with Crippen LogP contribution in [-0.4, -0.2) is 40.3 Å². The first-order valence-corrected chi connectivity index (χ1v) is 5.70. The molecule has 0 spiro atoms. The maximum Gasteiger partial charge on any atom is 0.342 e. The molecule has 2 unspecified atom stereocenters. The zero-order chi connectivity index (χ0) is 13.7. The van der Waals surface area contributed by atoms with E-state index in [2.05, 4.69) is 9.72 Å². The Kier molecular flexibility index (Phi) is 5.46. The molecule has 1 aromatic rings. The Morgan fingerprint density at radius 1 is 1.61 bits per heavy atom. The normalized spacial score (nSPS) is 14.1. The molecule has 1 rings (SSSR count). The number of hydrogen-bond acceptors (Lipinski definition) is 5. The van der Waals surface area contributed by atoms with E-state index in [0.29, 0.717) is 0 Å². The lowest BCUT2D eigenvalue weighted by molar-refractivity contribution is 0.0166. The molecule has 0 aliphatic heterocycles. The average molecular weight is 278 g/mol. The number of aromatic nitrogens is 1. The van der Waals surface area contributed by atoms with Crippen molar-refractivity contribution in [3.63, 3.8) is 0 Å². The van der Waals surface area contributed by atoms with Gasteiger partial charge in [-0.2, -0.15) is 4.39 Å². The molecule has 0 bridgehead atoms. The standard InChI is InChI=1S/C11H13ClFNO4/c1-18-11(17)7-4-6(5-14-10(7)13)9(16)8(15)2-3-12/h4-5,8-9,15-16H,2-3H2,1H3. The van der Waals surface area contributed by atoms with Crippen molar-refractivity contribution in [3.05, 3.63) is 29.3 Å². The smallest absolute Gasteiger partial charge is 0.342 e. The van der Waals surface area contributed by atoms with Crippen LogP contribution in [0.2, 0.25) is 0 Å². The predicted octanol–water partition coefficient (Wildman–Crippen LogP) is 1.03. The first kappa shape index (κ1) is 14.8. The molecule has 1 heterocycles. The molecule has 0 amide bonds. The lowest BCUT2D eigenvalue weighted by Crippen LogP contribution is -2.20. The van der Waals surface area contributed by atoms with Crippen molar-refractivity contribution in [3.8, 4) is 0 Å². The number of pyridine rings is 1. The fraction of sp³-hybridized carbons (Fsp3) is 0.455. The number of carbonyl (C=O) groups excluding carboxylic acids is 1. The van der Waals surface area contributed by atoms with Gasteiger partial charge in [0.1, 0.15) is 11.7 Å². The summed E-state index contributed by atoms with van der Waals surface area (Å²) in [4.78, 5) is 14.6. The summed E-state index contributed by atoms with van der Waals surface area (Å²) in [6, 6.07) is 1.09. The number of carbonyl (C=O) groups is 1. The highest BCUT2D eigenvalue weighted by atomic mass is 35.5. The van der Waals surface area contributed by atoms with Crippen LogP contribution in [0.3, 0.4) is 0 Å². The minimum atomic E-state index is -1.29. The highest BCUT2D eigenvalue weighted by molar-refractivity contribution is 6.17. The molecule has 2 N–H and O–H groups in total. The second kappa shape index (κ2) is 6.63. The molecule has 0 aliphatic carbocycles. The van der Waals surface area contributed by atoms with E-state index >= 15 is 0 Å². The van der Waals surface area contributed by atoms with Crippen LogP contribution in [0.4, 0.5) is 4.39 Å². The molecular formula is C11H13ClFNO4. The molecule has 18 heavy (non-hydrogen) atoms. The van der Waals surface area contributed by atoms with Gasteiger partial charge in [-0.1, -0.05) is 0 Å². The SMILES string of the molecule is COC(=O)c1cc(C(O)C(O)CCCl)cnc1F. The fourth-order valence-electron chi connectivity index (χ4n) is 1.37. The number of ether oxygens (including phenoxy) is 1. The van der Waals surface area contributed by atoms with Crippen LogP contribution in [0, 0.1) is 5.95 Å². The largest absolute Gasteiger partial charge is 0.465 e. The van der Waals surface area contributed by atoms with Gasteiger partial charge in [0.2, 0.25) is 5.95 Å². The summed E-state index contributed by atoms with van der Waals surface area (Å²) >= 11 is 5.44. The lowest BCUT2D eigenvalue weighted by Gasteiger charge is -2.17. The Morgan fingerprint density at radius 3 is 2.83 bits per heavy atom. The highest BCUT2D eigenvalue weighted by Gasteiger charge is 2.22. The van der Waals surface area contributed by atoms with Gasteiger partial charge < -0.3 is 14.9 Å². The monoisotopic (exact) mass is 277 g/mol. The molecule has 0 fully saturated rings. The van der Waals surface area contributed by atoms with Gasteiger partial charge >= 0.3 is 5.97 Å². The Hall–Kier alpha value is -1.24. The highest BCUT2D eigenvalue weighted by Crippen LogP contribution is 2.21. The predicted molar refractivity (Wildman–Crippen MR) is 61.8 cm³/mol. The van der Waals surface area contributed by atoms with Crippen LogP contribution in [-0.2, 0) is 4.74 Å². The van der Waals surface area contributed by atoms with Crippen molar-refractivity contribution >= 4 is 17.6 Å². The van der Waals surface area contributed by atoms with E-state index in [1.807, 2.05) is 0 Å². The number of rotatable bonds is 5. The van der Waals surface area contributed by atoms with Crippen LogP contribution in [0.1, 0.15) is 28.4 Å². The summed E-state index contributed by atoms with van der Waals surface area (Å²) in [7, 11) is 1.10. The Balaban J connectivity index is 3.00. The lowest BCUT2D eigenvalue weighted by atomic mass is 10.0. The Labute approximate surface area is 108 Å². The summed E-state index contributed by atoms with van der Waals surface area (Å²) in [5.41, 5.74) is -0.276. The number of alkyl halides is 1. The van der Waals surface area contributed by atoms with Gasteiger partial charge in [0.15, 0.2) is 0 Å². The number of hydrogen-bond donors (Lipinski definition) is 2. The maximum atomic E-state index is 13.2. The van der Waals surface area contributed by atoms with Crippen molar-refractivity contribution in [2.24, 2.45) is 0 Å². The minimum absolute atomic E-state index is 0.120. The molecule has 0 radical (unpaired) electrons. The van der Waals surface area contributed by atoms with E-state index in [9.17, 15) is 19.4 Å². The van der Waals surface area contributed by atoms with Gasteiger partial charge in [-0.15, -0.1) is 11.6 Å². The molecule has 0 saturated heterocycles. The molecular weight excluding hydrogens is 265 g/mol. The zero-order valence-corrected chi connectivity index (χ0v) is 10.4. The van der Waals surface area contributed by atoms with Crippen molar-refractivity contribution in [1.29, 1.82) is 0 Å². The molecule has 0 aromatic carbocycles. The number of aliphatic hydroxyl groups is 2. The number of nitrogens with zero attached hydrogens (tertiary/aromatic N) is 1.